The quantitative estimate of drug-likeness (QED) is 0.302. The van der Waals surface area contributed by atoms with Gasteiger partial charge >= 0.3 is 0 Å². The molecule has 1 aromatic heterocycles. The summed E-state index contributed by atoms with van der Waals surface area (Å²) < 4.78 is 5.19. The van der Waals surface area contributed by atoms with E-state index in [9.17, 15) is 5.11 Å². The van der Waals surface area contributed by atoms with Gasteiger partial charge in [0.05, 0.1) is 12.8 Å². The Balaban J connectivity index is 2.44. The second kappa shape index (κ2) is 10.9. The van der Waals surface area contributed by atoms with Gasteiger partial charge in [0.1, 0.15) is 11.9 Å². The van der Waals surface area contributed by atoms with Gasteiger partial charge in [-0.2, -0.15) is 0 Å². The molecule has 0 amide bonds. The van der Waals surface area contributed by atoms with E-state index >= 15 is 0 Å². The Bertz CT molecular complexity index is 429. The summed E-state index contributed by atoms with van der Waals surface area (Å²) in [5.74, 6) is 1.36. The van der Waals surface area contributed by atoms with E-state index in [1.54, 1.807) is 18.4 Å². The molecule has 0 aromatic carbocycles. The fraction of sp³-hybridized carbons (Fsp3) is 0.588. The van der Waals surface area contributed by atoms with Gasteiger partial charge in [-0.05, 0) is 38.3 Å². The molecule has 22 heavy (non-hydrogen) atoms. The minimum Gasteiger partial charge on any atom is -0.467 e. The van der Waals surface area contributed by atoms with Crippen molar-refractivity contribution in [3.05, 3.63) is 36.8 Å². The largest absolute Gasteiger partial charge is 0.467 e. The minimum atomic E-state index is -0.704. The Hall–Kier alpha value is -1.75. The highest BCUT2D eigenvalue weighted by molar-refractivity contribution is 5.79. The molecule has 0 aliphatic heterocycles. The van der Waals surface area contributed by atoms with Gasteiger partial charge in [0.25, 0.3) is 0 Å². The van der Waals surface area contributed by atoms with Crippen LogP contribution in [0.15, 0.2) is 40.5 Å². The third kappa shape index (κ3) is 6.80. The van der Waals surface area contributed by atoms with E-state index in [4.69, 9.17) is 4.42 Å². The predicted octanol–water partition coefficient (Wildman–Crippen LogP) is 2.96. The molecule has 1 heterocycles. The average Bonchev–Trinajstić information content (AvgIpc) is 3.05. The lowest BCUT2D eigenvalue weighted by Crippen LogP contribution is -2.39. The Morgan fingerprint density at radius 2 is 2.32 bits per heavy atom. The van der Waals surface area contributed by atoms with Crippen molar-refractivity contribution in [3.8, 4) is 0 Å². The van der Waals surface area contributed by atoms with Crippen LogP contribution in [0.1, 0.15) is 44.5 Å². The van der Waals surface area contributed by atoms with Gasteiger partial charge < -0.3 is 19.7 Å². The Kier molecular flexibility index (Phi) is 9.07. The molecular formula is C17H29N3O2. The summed E-state index contributed by atoms with van der Waals surface area (Å²) in [7, 11) is 2.02. The molecule has 1 atom stereocenters. The number of nitrogens with one attached hydrogen (secondary N) is 1. The van der Waals surface area contributed by atoms with E-state index in [2.05, 4.69) is 21.8 Å². The molecule has 0 bridgehead atoms. The maximum Gasteiger partial charge on any atom is 0.193 e. The normalized spacial score (nSPS) is 13.0. The van der Waals surface area contributed by atoms with Crippen molar-refractivity contribution in [2.24, 2.45) is 4.99 Å². The van der Waals surface area contributed by atoms with E-state index in [0.29, 0.717) is 5.76 Å². The van der Waals surface area contributed by atoms with E-state index in [-0.39, 0.29) is 6.54 Å². The topological polar surface area (TPSA) is 61.0 Å². The number of aliphatic imine (C=N–C) groups is 1. The molecule has 1 unspecified atom stereocenters. The zero-order valence-corrected chi connectivity index (χ0v) is 13.8. The molecule has 0 radical (unpaired) electrons. The first-order valence-electron chi connectivity index (χ1n) is 8.00. The van der Waals surface area contributed by atoms with Crippen LogP contribution in [0.3, 0.4) is 0 Å². The van der Waals surface area contributed by atoms with Crippen molar-refractivity contribution in [2.75, 3.05) is 26.7 Å². The number of hydrogen-bond acceptors (Lipinski definition) is 3. The zero-order chi connectivity index (χ0) is 16.2. The second-order valence-electron chi connectivity index (χ2n) is 5.29. The van der Waals surface area contributed by atoms with Gasteiger partial charge in [-0.15, -0.1) is 6.58 Å². The van der Waals surface area contributed by atoms with Gasteiger partial charge in [0.2, 0.25) is 0 Å². The molecule has 124 valence electrons. The Labute approximate surface area is 133 Å². The molecular weight excluding hydrogens is 278 g/mol. The molecule has 5 nitrogen and oxygen atoms in total. The predicted molar refractivity (Wildman–Crippen MR) is 90.9 cm³/mol. The van der Waals surface area contributed by atoms with Crippen LogP contribution in [-0.2, 0) is 0 Å². The monoisotopic (exact) mass is 307 g/mol. The highest BCUT2D eigenvalue weighted by atomic mass is 16.4. The number of aliphatic hydroxyl groups excluding tert-OH is 1. The molecule has 1 rings (SSSR count). The first-order chi connectivity index (χ1) is 10.7. The number of aliphatic hydroxyl groups is 1. The molecule has 0 saturated heterocycles. The summed E-state index contributed by atoms with van der Waals surface area (Å²) >= 11 is 0. The summed E-state index contributed by atoms with van der Waals surface area (Å²) in [5.41, 5.74) is 0. The smallest absolute Gasteiger partial charge is 0.193 e. The number of hydrogen-bond donors (Lipinski definition) is 2. The van der Waals surface area contributed by atoms with Crippen LogP contribution < -0.4 is 5.32 Å². The first-order valence-corrected chi connectivity index (χ1v) is 8.00. The van der Waals surface area contributed by atoms with Crippen molar-refractivity contribution in [3.63, 3.8) is 0 Å². The lowest BCUT2D eigenvalue weighted by atomic mass is 10.2. The van der Waals surface area contributed by atoms with Crippen molar-refractivity contribution in [1.82, 2.24) is 10.2 Å². The zero-order valence-electron chi connectivity index (χ0n) is 13.8. The van der Waals surface area contributed by atoms with Crippen LogP contribution in [0.4, 0.5) is 0 Å². The summed E-state index contributed by atoms with van der Waals surface area (Å²) in [5, 5.41) is 13.3. The van der Waals surface area contributed by atoms with Crippen LogP contribution in [-0.4, -0.2) is 42.6 Å². The molecule has 0 saturated carbocycles. The van der Waals surface area contributed by atoms with Gasteiger partial charge in [-0.25, -0.2) is 4.99 Å². The molecule has 0 fully saturated rings. The Morgan fingerprint density at radius 1 is 1.50 bits per heavy atom. The standard InChI is InChI=1S/C17H29N3O2/c1-4-6-7-8-9-12-20(3)17(18-5-2)19-14-15(21)16-11-10-13-22-16/h4,10-11,13,15,21H,1,5-9,12,14H2,2-3H3,(H,18,19). The molecule has 0 spiro atoms. The van der Waals surface area contributed by atoms with Crippen molar-refractivity contribution >= 4 is 5.96 Å². The summed E-state index contributed by atoms with van der Waals surface area (Å²) in [6.07, 6.45) is 7.38. The second-order valence-corrected chi connectivity index (χ2v) is 5.29. The van der Waals surface area contributed by atoms with E-state index < -0.39 is 6.10 Å². The Morgan fingerprint density at radius 3 is 2.95 bits per heavy atom. The van der Waals surface area contributed by atoms with Crippen molar-refractivity contribution in [1.29, 1.82) is 0 Å². The fourth-order valence-electron chi connectivity index (χ4n) is 2.13. The highest BCUT2D eigenvalue weighted by Gasteiger charge is 2.11. The van der Waals surface area contributed by atoms with E-state index in [0.717, 1.165) is 31.9 Å². The average molecular weight is 307 g/mol. The molecule has 0 aliphatic rings. The highest BCUT2D eigenvalue weighted by Crippen LogP contribution is 2.13. The van der Waals surface area contributed by atoms with E-state index in [1.165, 1.54) is 12.8 Å². The first kappa shape index (κ1) is 18.3. The number of rotatable bonds is 10. The van der Waals surface area contributed by atoms with Gasteiger partial charge in [-0.3, -0.25) is 0 Å². The number of guanidine groups is 1. The summed E-state index contributed by atoms with van der Waals surface area (Å²) in [6.45, 7) is 7.81. The molecule has 2 N–H and O–H groups in total. The van der Waals surface area contributed by atoms with Crippen LogP contribution in [0.5, 0.6) is 0 Å². The fourth-order valence-corrected chi connectivity index (χ4v) is 2.13. The van der Waals surface area contributed by atoms with E-state index in [1.807, 2.05) is 20.0 Å². The third-order valence-electron chi connectivity index (χ3n) is 3.38. The van der Waals surface area contributed by atoms with Gasteiger partial charge in [0.15, 0.2) is 5.96 Å². The molecule has 1 aromatic rings. The van der Waals surface area contributed by atoms with Crippen LogP contribution in [0, 0.1) is 0 Å². The van der Waals surface area contributed by atoms with Crippen molar-refractivity contribution in [2.45, 2.75) is 38.7 Å². The van der Waals surface area contributed by atoms with Crippen LogP contribution in [0.25, 0.3) is 0 Å². The van der Waals surface area contributed by atoms with Gasteiger partial charge in [-0.1, -0.05) is 12.5 Å². The number of furan rings is 1. The number of allylic oxidation sites excluding steroid dienone is 1. The maximum atomic E-state index is 10.0. The minimum absolute atomic E-state index is 0.288. The number of nitrogens with zero attached hydrogens (tertiary/aromatic N) is 2. The maximum absolute atomic E-state index is 10.0. The van der Waals surface area contributed by atoms with Crippen molar-refractivity contribution < 1.29 is 9.52 Å². The SMILES string of the molecule is C=CCCCCCN(C)C(=NCC(O)c1ccco1)NCC. The van der Waals surface area contributed by atoms with Gasteiger partial charge in [0, 0.05) is 20.1 Å². The third-order valence-corrected chi connectivity index (χ3v) is 3.38. The molecule has 0 aliphatic carbocycles. The number of unbranched alkanes of at least 4 members (excludes halogenated alkanes) is 3. The van der Waals surface area contributed by atoms with Crippen LogP contribution >= 0.6 is 0 Å². The lowest BCUT2D eigenvalue weighted by Gasteiger charge is -2.22. The summed E-state index contributed by atoms with van der Waals surface area (Å²) in [6, 6.07) is 3.53. The lowest BCUT2D eigenvalue weighted by molar-refractivity contribution is 0.158. The molecule has 5 heteroatoms. The van der Waals surface area contributed by atoms with Crippen LogP contribution in [0.2, 0.25) is 0 Å². The summed E-state index contributed by atoms with van der Waals surface area (Å²) in [4.78, 5) is 6.59.